The van der Waals surface area contributed by atoms with Gasteiger partial charge in [0.05, 0.1) is 25.3 Å². The monoisotopic (exact) mass is 551 g/mol. The maximum Gasteiger partial charge on any atom is 0.420 e. The van der Waals surface area contributed by atoms with E-state index < -0.39 is 6.09 Å². The van der Waals surface area contributed by atoms with Crippen LogP contribution in [0.4, 0.5) is 4.79 Å². The molecule has 40 heavy (non-hydrogen) atoms. The number of carbonyl (C=O) groups is 2. The van der Waals surface area contributed by atoms with Gasteiger partial charge in [-0.3, -0.25) is 9.36 Å². The zero-order valence-corrected chi connectivity index (χ0v) is 24.6. The van der Waals surface area contributed by atoms with E-state index in [0.29, 0.717) is 17.7 Å². The second kappa shape index (κ2) is 14.4. The van der Waals surface area contributed by atoms with E-state index in [9.17, 15) is 9.59 Å². The van der Waals surface area contributed by atoms with Gasteiger partial charge in [-0.1, -0.05) is 0 Å². The minimum atomic E-state index is -0.547. The molecule has 0 aliphatic rings. The van der Waals surface area contributed by atoms with Crippen LogP contribution in [0.5, 0.6) is 11.5 Å². The molecule has 2 aromatic heterocycles. The summed E-state index contributed by atoms with van der Waals surface area (Å²) in [4.78, 5) is 26.8. The van der Waals surface area contributed by atoms with E-state index in [0.717, 1.165) is 42.6 Å². The van der Waals surface area contributed by atoms with Gasteiger partial charge in [-0.05, 0) is 76.4 Å². The predicted molar refractivity (Wildman–Crippen MR) is 158 cm³/mol. The Hall–Kier alpha value is -4.02. The van der Waals surface area contributed by atoms with Crippen LogP contribution < -0.4 is 14.8 Å². The third-order valence-electron chi connectivity index (χ3n) is 6.59. The third kappa shape index (κ3) is 7.77. The first kappa shape index (κ1) is 30.5. The summed E-state index contributed by atoms with van der Waals surface area (Å²) in [6.45, 7) is 1.77. The standard InChI is InChI=1S/C16H21N3O4.C14H20N2O/c1-18(2)7-6-12-9-19(16(21)23-11-17-10-20)15-8-13(22-3)4-5-14(12)15;1-15(2)8-7-11-10-16(3)14-9-12(17-4)5-6-13(11)14/h4-5,8-10H,6-7,11H2,1-3H3,(H,17,20);5-6,9-10H,7-8H2,1-4H3. The lowest BCUT2D eigenvalue weighted by Gasteiger charge is -2.08. The third-order valence-corrected chi connectivity index (χ3v) is 6.59. The zero-order chi connectivity index (χ0) is 29.2. The number of ether oxygens (including phenoxy) is 3. The van der Waals surface area contributed by atoms with Crippen molar-refractivity contribution in [1.29, 1.82) is 0 Å². The van der Waals surface area contributed by atoms with Gasteiger partial charge in [0.25, 0.3) is 0 Å². The summed E-state index contributed by atoms with van der Waals surface area (Å²) in [6, 6.07) is 11.9. The molecule has 0 saturated carbocycles. The Balaban J connectivity index is 0.000000230. The van der Waals surface area contributed by atoms with Gasteiger partial charge in [0.1, 0.15) is 11.5 Å². The number of rotatable bonds is 11. The molecule has 1 N–H and O–H groups in total. The zero-order valence-electron chi connectivity index (χ0n) is 24.6. The first-order chi connectivity index (χ1) is 19.2. The molecule has 0 unspecified atom stereocenters. The number of aromatic nitrogens is 2. The number of carbonyl (C=O) groups excluding carboxylic acids is 2. The van der Waals surface area contributed by atoms with Gasteiger partial charge < -0.3 is 33.9 Å². The van der Waals surface area contributed by atoms with Crippen LogP contribution in [0.3, 0.4) is 0 Å². The van der Waals surface area contributed by atoms with E-state index in [-0.39, 0.29) is 6.73 Å². The van der Waals surface area contributed by atoms with Crippen molar-refractivity contribution in [3.8, 4) is 11.5 Å². The SMILES string of the molecule is COc1ccc2c(CCN(C)C)cn(C(=O)OCNC=O)c2c1.COc1ccc2c(CCN(C)C)cn(C)c2c1. The van der Waals surface area contributed by atoms with Crippen molar-refractivity contribution in [2.24, 2.45) is 7.05 Å². The highest BCUT2D eigenvalue weighted by atomic mass is 16.6. The van der Waals surface area contributed by atoms with Gasteiger partial charge in [-0.15, -0.1) is 0 Å². The molecule has 0 aliphatic carbocycles. The van der Waals surface area contributed by atoms with Crippen molar-refractivity contribution in [3.05, 3.63) is 59.9 Å². The molecule has 0 fully saturated rings. The fourth-order valence-electron chi connectivity index (χ4n) is 4.42. The van der Waals surface area contributed by atoms with Crippen molar-refractivity contribution in [3.63, 3.8) is 0 Å². The highest BCUT2D eigenvalue weighted by Gasteiger charge is 2.16. The van der Waals surface area contributed by atoms with Gasteiger partial charge in [0, 0.05) is 55.4 Å². The van der Waals surface area contributed by atoms with Crippen molar-refractivity contribution >= 4 is 34.3 Å². The van der Waals surface area contributed by atoms with Gasteiger partial charge in [0.2, 0.25) is 6.41 Å². The molecule has 4 rings (SSSR count). The molecule has 2 heterocycles. The number of nitrogens with one attached hydrogen (secondary N) is 1. The molecular formula is C30H41N5O5. The van der Waals surface area contributed by atoms with Crippen LogP contribution in [0.15, 0.2) is 48.8 Å². The average molecular weight is 552 g/mol. The van der Waals surface area contributed by atoms with E-state index in [1.54, 1.807) is 26.5 Å². The molecule has 0 spiro atoms. The maximum absolute atomic E-state index is 12.2. The summed E-state index contributed by atoms with van der Waals surface area (Å²) in [5.74, 6) is 1.58. The lowest BCUT2D eigenvalue weighted by molar-refractivity contribution is -0.110. The largest absolute Gasteiger partial charge is 0.497 e. The van der Waals surface area contributed by atoms with Crippen LogP contribution in [-0.4, -0.2) is 93.7 Å². The number of fused-ring (bicyclic) bond motifs is 2. The van der Waals surface area contributed by atoms with Crippen LogP contribution in [0, 0.1) is 0 Å². The summed E-state index contributed by atoms with van der Waals surface area (Å²) >= 11 is 0. The van der Waals surface area contributed by atoms with Gasteiger partial charge >= 0.3 is 6.09 Å². The van der Waals surface area contributed by atoms with Crippen molar-refractivity contribution in [1.82, 2.24) is 24.3 Å². The van der Waals surface area contributed by atoms with Gasteiger partial charge in [-0.25, -0.2) is 4.79 Å². The Morgan fingerprint density at radius 3 is 1.90 bits per heavy atom. The molecule has 1 amide bonds. The fourth-order valence-corrected chi connectivity index (χ4v) is 4.42. The summed E-state index contributed by atoms with van der Waals surface area (Å²) < 4.78 is 19.1. The molecule has 0 aliphatic heterocycles. The summed E-state index contributed by atoms with van der Waals surface area (Å²) in [5, 5.41) is 4.61. The lowest BCUT2D eigenvalue weighted by atomic mass is 10.1. The number of hydrogen-bond acceptors (Lipinski definition) is 7. The predicted octanol–water partition coefficient (Wildman–Crippen LogP) is 3.73. The number of likely N-dealkylation sites (N-methyl/N-ethyl adjacent to an activating group) is 2. The number of aryl methyl sites for hydroxylation is 1. The van der Waals surface area contributed by atoms with Gasteiger partial charge in [-0.2, -0.15) is 0 Å². The van der Waals surface area contributed by atoms with Crippen molar-refractivity contribution in [2.45, 2.75) is 12.8 Å². The quantitative estimate of drug-likeness (QED) is 0.173. The second-order valence-corrected chi connectivity index (χ2v) is 10.0. The average Bonchev–Trinajstić information content (AvgIpc) is 3.47. The molecule has 4 aromatic rings. The number of amides is 1. The molecule has 2 aromatic carbocycles. The Bertz CT molecular complexity index is 1420. The van der Waals surface area contributed by atoms with E-state index in [1.165, 1.54) is 21.0 Å². The molecular weight excluding hydrogens is 510 g/mol. The molecule has 10 heteroatoms. The van der Waals surface area contributed by atoms with Crippen LogP contribution in [0.2, 0.25) is 0 Å². The second-order valence-electron chi connectivity index (χ2n) is 10.0. The van der Waals surface area contributed by atoms with Crippen LogP contribution >= 0.6 is 0 Å². The number of methoxy groups -OCH3 is 2. The van der Waals surface area contributed by atoms with E-state index in [4.69, 9.17) is 14.2 Å². The Morgan fingerprint density at radius 2 is 1.38 bits per heavy atom. The van der Waals surface area contributed by atoms with Gasteiger partial charge in [0.15, 0.2) is 6.73 Å². The molecule has 10 nitrogen and oxygen atoms in total. The molecule has 0 radical (unpaired) electrons. The van der Waals surface area contributed by atoms with E-state index in [2.05, 4.69) is 59.2 Å². The highest BCUT2D eigenvalue weighted by molar-refractivity contribution is 5.93. The molecule has 0 atom stereocenters. The lowest BCUT2D eigenvalue weighted by Crippen LogP contribution is -2.22. The maximum atomic E-state index is 12.2. The fraction of sp³-hybridized carbons (Fsp3) is 0.400. The van der Waals surface area contributed by atoms with Crippen molar-refractivity contribution < 1.29 is 23.8 Å². The van der Waals surface area contributed by atoms with E-state index >= 15 is 0 Å². The normalized spacial score (nSPS) is 11.0. The first-order valence-corrected chi connectivity index (χ1v) is 13.1. The summed E-state index contributed by atoms with van der Waals surface area (Å²) in [7, 11) is 13.6. The molecule has 0 bridgehead atoms. The number of hydrogen-bond donors (Lipinski definition) is 1. The minimum absolute atomic E-state index is 0.168. The van der Waals surface area contributed by atoms with Crippen LogP contribution in [-0.2, 0) is 29.4 Å². The van der Waals surface area contributed by atoms with Crippen LogP contribution in [0.1, 0.15) is 11.1 Å². The number of nitrogens with zero attached hydrogens (tertiary/aromatic N) is 4. The minimum Gasteiger partial charge on any atom is -0.497 e. The van der Waals surface area contributed by atoms with Crippen molar-refractivity contribution in [2.75, 3.05) is 62.2 Å². The topological polar surface area (TPSA) is 90.2 Å². The van der Waals surface area contributed by atoms with Crippen LogP contribution in [0.25, 0.3) is 21.8 Å². The molecule has 0 saturated heterocycles. The highest BCUT2D eigenvalue weighted by Crippen LogP contribution is 2.27. The Kier molecular flexibility index (Phi) is 11.0. The summed E-state index contributed by atoms with van der Waals surface area (Å²) in [6.07, 6.45) is 5.81. The Morgan fingerprint density at radius 1 is 0.850 bits per heavy atom. The smallest absolute Gasteiger partial charge is 0.420 e. The number of benzene rings is 2. The van der Waals surface area contributed by atoms with E-state index in [1.807, 2.05) is 32.3 Å². The summed E-state index contributed by atoms with van der Waals surface area (Å²) in [5.41, 5.74) is 4.41. The molecule has 216 valence electrons. The Labute approximate surface area is 236 Å². The first-order valence-electron chi connectivity index (χ1n) is 13.1.